The van der Waals surface area contributed by atoms with E-state index in [4.69, 9.17) is 23.2 Å². The lowest BCUT2D eigenvalue weighted by atomic mass is 9.94. The Morgan fingerprint density at radius 2 is 1.89 bits per heavy atom. The van der Waals surface area contributed by atoms with Crippen LogP contribution in [0.5, 0.6) is 0 Å². The SMILES string of the molecule is CC(C)N(Cc1ccc(Cl)c(Cl)c1)C(=O)C1CCN(C(=O)c2cccs2)CC1. The van der Waals surface area contributed by atoms with Crippen molar-refractivity contribution >= 4 is 46.4 Å². The summed E-state index contributed by atoms with van der Waals surface area (Å²) in [5.74, 6) is 0.152. The fourth-order valence-electron chi connectivity index (χ4n) is 3.47. The molecule has 7 heteroatoms. The first kappa shape index (κ1) is 21.2. The Morgan fingerprint density at radius 1 is 1.18 bits per heavy atom. The van der Waals surface area contributed by atoms with Gasteiger partial charge < -0.3 is 9.80 Å². The molecular formula is C21H24Cl2N2O2S. The lowest BCUT2D eigenvalue weighted by Gasteiger charge is -2.35. The van der Waals surface area contributed by atoms with Crippen LogP contribution < -0.4 is 0 Å². The zero-order valence-corrected chi connectivity index (χ0v) is 18.4. The molecule has 4 nitrogen and oxygen atoms in total. The third-order valence-corrected chi connectivity index (χ3v) is 6.70. The van der Waals surface area contributed by atoms with E-state index in [1.54, 1.807) is 6.07 Å². The van der Waals surface area contributed by atoms with Gasteiger partial charge in [0, 0.05) is 31.6 Å². The first-order valence-electron chi connectivity index (χ1n) is 9.44. The second kappa shape index (κ2) is 9.29. The highest BCUT2D eigenvalue weighted by Gasteiger charge is 2.31. The third kappa shape index (κ3) is 4.88. The number of carbonyl (C=O) groups is 2. The first-order valence-corrected chi connectivity index (χ1v) is 11.1. The van der Waals surface area contributed by atoms with E-state index in [9.17, 15) is 9.59 Å². The van der Waals surface area contributed by atoms with E-state index in [0.717, 1.165) is 10.4 Å². The fraction of sp³-hybridized carbons (Fsp3) is 0.429. The topological polar surface area (TPSA) is 40.6 Å². The Bertz CT molecular complexity index is 831. The number of thiophene rings is 1. The van der Waals surface area contributed by atoms with Crippen molar-refractivity contribution < 1.29 is 9.59 Å². The monoisotopic (exact) mass is 438 g/mol. The predicted molar refractivity (Wildman–Crippen MR) is 115 cm³/mol. The second-order valence-corrected chi connectivity index (χ2v) is 9.11. The third-order valence-electron chi connectivity index (χ3n) is 5.11. The van der Waals surface area contributed by atoms with Crippen molar-refractivity contribution in [3.05, 3.63) is 56.2 Å². The Kier molecular flexibility index (Phi) is 7.02. The van der Waals surface area contributed by atoms with Gasteiger partial charge in [0.15, 0.2) is 0 Å². The molecule has 0 radical (unpaired) electrons. The molecule has 0 spiro atoms. The minimum Gasteiger partial charge on any atom is -0.338 e. The fourth-order valence-corrected chi connectivity index (χ4v) is 4.48. The molecule has 0 aliphatic carbocycles. The van der Waals surface area contributed by atoms with Gasteiger partial charge in [0.2, 0.25) is 5.91 Å². The van der Waals surface area contributed by atoms with Gasteiger partial charge in [-0.1, -0.05) is 35.3 Å². The average Bonchev–Trinajstić information content (AvgIpc) is 3.22. The summed E-state index contributed by atoms with van der Waals surface area (Å²) in [6, 6.07) is 9.29. The van der Waals surface area contributed by atoms with E-state index >= 15 is 0 Å². The van der Waals surface area contributed by atoms with Crippen LogP contribution in [0, 0.1) is 5.92 Å². The van der Waals surface area contributed by atoms with Crippen molar-refractivity contribution in [3.8, 4) is 0 Å². The molecule has 2 heterocycles. The normalized spacial score (nSPS) is 15.1. The second-order valence-electron chi connectivity index (χ2n) is 7.35. The van der Waals surface area contributed by atoms with Gasteiger partial charge in [-0.15, -0.1) is 11.3 Å². The van der Waals surface area contributed by atoms with Gasteiger partial charge in [0.25, 0.3) is 5.91 Å². The van der Waals surface area contributed by atoms with E-state index in [1.807, 2.05) is 53.3 Å². The van der Waals surface area contributed by atoms with Crippen LogP contribution in [0.1, 0.15) is 41.9 Å². The molecule has 28 heavy (non-hydrogen) atoms. The number of rotatable bonds is 5. The minimum atomic E-state index is -0.0578. The number of carbonyl (C=O) groups excluding carboxylic acids is 2. The van der Waals surface area contributed by atoms with Gasteiger partial charge in [0.05, 0.1) is 14.9 Å². The van der Waals surface area contributed by atoms with Gasteiger partial charge in [0.1, 0.15) is 0 Å². The summed E-state index contributed by atoms with van der Waals surface area (Å²) in [7, 11) is 0. The maximum absolute atomic E-state index is 13.2. The molecule has 3 rings (SSSR count). The van der Waals surface area contributed by atoms with Gasteiger partial charge >= 0.3 is 0 Å². The maximum Gasteiger partial charge on any atom is 0.263 e. The first-order chi connectivity index (χ1) is 13.4. The molecule has 0 atom stereocenters. The van der Waals surface area contributed by atoms with Crippen LogP contribution in [0.3, 0.4) is 0 Å². The molecule has 150 valence electrons. The quantitative estimate of drug-likeness (QED) is 0.631. The van der Waals surface area contributed by atoms with E-state index < -0.39 is 0 Å². The van der Waals surface area contributed by atoms with Gasteiger partial charge in [-0.05, 0) is 55.8 Å². The summed E-state index contributed by atoms with van der Waals surface area (Å²) >= 11 is 13.6. The van der Waals surface area contributed by atoms with Gasteiger partial charge in [-0.2, -0.15) is 0 Å². The smallest absolute Gasteiger partial charge is 0.263 e. The summed E-state index contributed by atoms with van der Waals surface area (Å²) in [6.07, 6.45) is 1.39. The Balaban J connectivity index is 1.62. The molecule has 0 unspecified atom stereocenters. The minimum absolute atomic E-state index is 0.0578. The molecule has 0 bridgehead atoms. The maximum atomic E-state index is 13.2. The number of amides is 2. The molecule has 0 saturated carbocycles. The van der Waals surface area contributed by atoms with Crippen molar-refractivity contribution in [2.24, 2.45) is 5.92 Å². The van der Waals surface area contributed by atoms with Crippen molar-refractivity contribution in [1.29, 1.82) is 0 Å². The molecular weight excluding hydrogens is 415 g/mol. The van der Waals surface area contributed by atoms with Crippen molar-refractivity contribution in [2.45, 2.75) is 39.3 Å². The van der Waals surface area contributed by atoms with Crippen molar-refractivity contribution in [3.63, 3.8) is 0 Å². The lowest BCUT2D eigenvalue weighted by molar-refractivity contribution is -0.139. The number of hydrogen-bond acceptors (Lipinski definition) is 3. The summed E-state index contributed by atoms with van der Waals surface area (Å²) < 4.78 is 0. The van der Waals surface area contributed by atoms with Crippen molar-refractivity contribution in [1.82, 2.24) is 9.80 Å². The number of likely N-dealkylation sites (tertiary alicyclic amines) is 1. The van der Waals surface area contributed by atoms with Crippen LogP contribution in [0.15, 0.2) is 35.7 Å². The Hall–Kier alpha value is -1.56. The molecule has 1 aromatic carbocycles. The zero-order valence-electron chi connectivity index (χ0n) is 16.0. The summed E-state index contributed by atoms with van der Waals surface area (Å²) in [6.45, 7) is 5.77. The highest BCUT2D eigenvalue weighted by atomic mass is 35.5. The standard InChI is InChI=1S/C21H24Cl2N2O2S/c1-14(2)25(13-15-5-6-17(22)18(23)12-15)20(26)16-7-9-24(10-8-16)21(27)19-4-3-11-28-19/h3-6,11-12,14,16H,7-10,13H2,1-2H3. The molecule has 1 saturated heterocycles. The van der Waals surface area contributed by atoms with E-state index in [2.05, 4.69) is 0 Å². The Labute approximate surface area is 180 Å². The van der Waals surface area contributed by atoms with Gasteiger partial charge in [-0.25, -0.2) is 0 Å². The van der Waals surface area contributed by atoms with Crippen molar-refractivity contribution in [2.75, 3.05) is 13.1 Å². The largest absolute Gasteiger partial charge is 0.338 e. The highest BCUT2D eigenvalue weighted by Crippen LogP contribution is 2.26. The molecule has 1 fully saturated rings. The van der Waals surface area contributed by atoms with Crippen LogP contribution in [-0.4, -0.2) is 40.7 Å². The molecule has 1 aromatic heterocycles. The summed E-state index contributed by atoms with van der Waals surface area (Å²) in [5.41, 5.74) is 0.960. The number of piperidine rings is 1. The average molecular weight is 439 g/mol. The van der Waals surface area contributed by atoms with Crippen LogP contribution in [-0.2, 0) is 11.3 Å². The van der Waals surface area contributed by atoms with Crippen LogP contribution >= 0.6 is 34.5 Å². The number of halogens is 2. The van der Waals surface area contributed by atoms with E-state index in [0.29, 0.717) is 42.5 Å². The molecule has 1 aliphatic heterocycles. The van der Waals surface area contributed by atoms with Crippen LogP contribution in [0.4, 0.5) is 0 Å². The predicted octanol–water partition coefficient (Wildman–Crippen LogP) is 5.34. The zero-order chi connectivity index (χ0) is 20.3. The lowest BCUT2D eigenvalue weighted by Crippen LogP contribution is -2.46. The summed E-state index contributed by atoms with van der Waals surface area (Å²) in [4.78, 5) is 30.2. The van der Waals surface area contributed by atoms with Crippen LogP contribution in [0.25, 0.3) is 0 Å². The van der Waals surface area contributed by atoms with E-state index in [1.165, 1.54) is 11.3 Å². The Morgan fingerprint density at radius 3 is 2.46 bits per heavy atom. The number of benzene rings is 1. The molecule has 1 aliphatic rings. The molecule has 2 amide bonds. The molecule has 0 N–H and O–H groups in total. The summed E-state index contributed by atoms with van der Waals surface area (Å²) in [5, 5.41) is 2.92. The number of hydrogen-bond donors (Lipinski definition) is 0. The van der Waals surface area contributed by atoms with E-state index in [-0.39, 0.29) is 23.8 Å². The molecule has 2 aromatic rings. The highest BCUT2D eigenvalue weighted by molar-refractivity contribution is 7.12. The number of nitrogens with zero attached hydrogens (tertiary/aromatic N) is 2. The van der Waals surface area contributed by atoms with Gasteiger partial charge in [-0.3, -0.25) is 9.59 Å². The van der Waals surface area contributed by atoms with Crippen LogP contribution in [0.2, 0.25) is 10.0 Å².